The first-order valence-electron chi connectivity index (χ1n) is 9.94. The van der Waals surface area contributed by atoms with Crippen LogP contribution >= 0.6 is 11.3 Å². The van der Waals surface area contributed by atoms with Crippen molar-refractivity contribution in [1.29, 1.82) is 5.26 Å². The summed E-state index contributed by atoms with van der Waals surface area (Å²) >= 11 is 1.53. The number of aryl methyl sites for hydroxylation is 2. The summed E-state index contributed by atoms with van der Waals surface area (Å²) < 4.78 is 6.23. The number of aromatic nitrogens is 3. The third-order valence-electron chi connectivity index (χ3n) is 4.77. The van der Waals surface area contributed by atoms with E-state index in [-0.39, 0.29) is 6.54 Å². The number of hydrogen-bond acceptors (Lipinski definition) is 8. The van der Waals surface area contributed by atoms with E-state index < -0.39 is 6.10 Å². The molecule has 0 aliphatic heterocycles. The minimum Gasteiger partial charge on any atom is -0.456 e. The molecule has 0 bridgehead atoms. The van der Waals surface area contributed by atoms with E-state index in [1.807, 2.05) is 31.4 Å². The van der Waals surface area contributed by atoms with Gasteiger partial charge in [0.1, 0.15) is 22.2 Å². The summed E-state index contributed by atoms with van der Waals surface area (Å²) in [6, 6.07) is 14.6. The first-order valence-corrected chi connectivity index (χ1v) is 10.8. The van der Waals surface area contributed by atoms with Gasteiger partial charge in [-0.2, -0.15) is 5.26 Å². The van der Waals surface area contributed by atoms with Crippen LogP contribution in [0.15, 0.2) is 54.0 Å². The first kappa shape index (κ1) is 21.6. The van der Waals surface area contributed by atoms with Crippen molar-refractivity contribution in [3.8, 4) is 39.5 Å². The topological polar surface area (TPSA) is 118 Å². The zero-order valence-corrected chi connectivity index (χ0v) is 18.4. The van der Waals surface area contributed by atoms with Gasteiger partial charge in [-0.05, 0) is 38.1 Å². The number of aliphatic hydroxyl groups is 1. The Morgan fingerprint density at radius 1 is 1.09 bits per heavy atom. The van der Waals surface area contributed by atoms with E-state index in [4.69, 9.17) is 10.5 Å². The molecule has 3 N–H and O–H groups in total. The van der Waals surface area contributed by atoms with Gasteiger partial charge < -0.3 is 15.6 Å². The number of aliphatic hydroxyl groups excluding tert-OH is 1. The standard InChI is InChI=1S/C24H21N5O2S/c1-14-7-18(9-21(28-14)24-29-15(2)13-32-24)31-23-8-16(10-25)3-5-19(23)20-6-4-17(12-27-20)22(30)11-26/h3-9,12-13,22,30H,11,26H2,1-2H3. The van der Waals surface area contributed by atoms with Crippen LogP contribution in [0.2, 0.25) is 0 Å². The van der Waals surface area contributed by atoms with E-state index in [9.17, 15) is 10.4 Å². The SMILES string of the molecule is Cc1cc(Oc2cc(C#N)ccc2-c2ccc(C(O)CN)cn2)cc(-c2nc(C)cs2)n1. The number of benzene rings is 1. The number of nitrogens with zero attached hydrogens (tertiary/aromatic N) is 4. The highest BCUT2D eigenvalue weighted by Crippen LogP contribution is 2.35. The van der Waals surface area contributed by atoms with Gasteiger partial charge in [0, 0.05) is 52.8 Å². The van der Waals surface area contributed by atoms with Crippen LogP contribution < -0.4 is 10.5 Å². The van der Waals surface area contributed by atoms with Gasteiger partial charge in [0.15, 0.2) is 0 Å². The number of pyridine rings is 2. The summed E-state index contributed by atoms with van der Waals surface area (Å²) in [5.41, 5.74) is 10.5. The minimum absolute atomic E-state index is 0.120. The van der Waals surface area contributed by atoms with Gasteiger partial charge in [-0.1, -0.05) is 6.07 Å². The normalized spacial score (nSPS) is 11.7. The zero-order valence-electron chi connectivity index (χ0n) is 17.6. The Balaban J connectivity index is 1.73. The molecule has 1 atom stereocenters. The lowest BCUT2D eigenvalue weighted by Crippen LogP contribution is -2.11. The van der Waals surface area contributed by atoms with Gasteiger partial charge in [-0.3, -0.25) is 9.97 Å². The Morgan fingerprint density at radius 3 is 2.59 bits per heavy atom. The van der Waals surface area contributed by atoms with Crippen molar-refractivity contribution in [3.05, 3.63) is 76.6 Å². The fourth-order valence-electron chi connectivity index (χ4n) is 3.19. The molecule has 1 aromatic carbocycles. The second kappa shape index (κ2) is 9.24. The maximum Gasteiger partial charge on any atom is 0.142 e. The Labute approximate surface area is 189 Å². The van der Waals surface area contributed by atoms with Gasteiger partial charge in [-0.25, -0.2) is 4.98 Å². The molecule has 32 heavy (non-hydrogen) atoms. The molecule has 0 spiro atoms. The monoisotopic (exact) mass is 443 g/mol. The lowest BCUT2D eigenvalue weighted by Gasteiger charge is -2.13. The smallest absolute Gasteiger partial charge is 0.142 e. The maximum atomic E-state index is 9.92. The predicted octanol–water partition coefficient (Wildman–Crippen LogP) is 4.54. The number of nitriles is 1. The third kappa shape index (κ3) is 4.65. The first-order chi connectivity index (χ1) is 15.5. The van der Waals surface area contributed by atoms with Crippen LogP contribution in [0.25, 0.3) is 22.0 Å². The molecule has 4 aromatic rings. The molecular formula is C24H21N5O2S. The van der Waals surface area contributed by atoms with E-state index >= 15 is 0 Å². The molecule has 8 heteroatoms. The van der Waals surface area contributed by atoms with E-state index in [2.05, 4.69) is 21.0 Å². The second-order valence-corrected chi connectivity index (χ2v) is 8.13. The van der Waals surface area contributed by atoms with Crippen LogP contribution in [0.1, 0.15) is 28.6 Å². The highest BCUT2D eigenvalue weighted by molar-refractivity contribution is 7.13. The molecule has 3 heterocycles. The summed E-state index contributed by atoms with van der Waals surface area (Å²) in [5, 5.41) is 22.1. The van der Waals surface area contributed by atoms with Crippen molar-refractivity contribution < 1.29 is 9.84 Å². The number of nitrogens with two attached hydrogens (primary N) is 1. The molecular weight excluding hydrogens is 422 g/mol. The number of ether oxygens (including phenoxy) is 1. The average Bonchev–Trinajstić information content (AvgIpc) is 3.24. The Hall–Kier alpha value is -3.64. The third-order valence-corrected chi connectivity index (χ3v) is 5.76. The fourth-order valence-corrected chi connectivity index (χ4v) is 3.95. The molecule has 0 aliphatic rings. The molecule has 160 valence electrons. The quantitative estimate of drug-likeness (QED) is 0.449. The largest absolute Gasteiger partial charge is 0.456 e. The van der Waals surface area contributed by atoms with Gasteiger partial charge >= 0.3 is 0 Å². The predicted molar refractivity (Wildman–Crippen MR) is 123 cm³/mol. The molecule has 0 amide bonds. The van der Waals surface area contributed by atoms with Crippen molar-refractivity contribution in [3.63, 3.8) is 0 Å². The van der Waals surface area contributed by atoms with Crippen molar-refractivity contribution in [2.75, 3.05) is 6.54 Å². The lowest BCUT2D eigenvalue weighted by atomic mass is 10.1. The summed E-state index contributed by atoms with van der Waals surface area (Å²) in [6.45, 7) is 3.96. The summed E-state index contributed by atoms with van der Waals surface area (Å²) in [7, 11) is 0. The van der Waals surface area contributed by atoms with Crippen molar-refractivity contribution in [1.82, 2.24) is 15.0 Å². The van der Waals surface area contributed by atoms with E-state index in [1.165, 1.54) is 11.3 Å². The summed E-state index contributed by atoms with van der Waals surface area (Å²) in [4.78, 5) is 13.5. The van der Waals surface area contributed by atoms with Crippen LogP contribution in [0.4, 0.5) is 0 Å². The van der Waals surface area contributed by atoms with Crippen LogP contribution in [0, 0.1) is 25.2 Å². The molecule has 0 aliphatic carbocycles. The maximum absolute atomic E-state index is 9.92. The van der Waals surface area contributed by atoms with E-state index in [0.29, 0.717) is 28.3 Å². The molecule has 0 saturated heterocycles. The van der Waals surface area contributed by atoms with Crippen LogP contribution in [0.5, 0.6) is 11.5 Å². The van der Waals surface area contributed by atoms with Gasteiger partial charge in [0.05, 0.1) is 23.4 Å². The Bertz CT molecular complexity index is 1290. The van der Waals surface area contributed by atoms with Crippen molar-refractivity contribution >= 4 is 11.3 Å². The van der Waals surface area contributed by atoms with Gasteiger partial charge in [0.2, 0.25) is 0 Å². The minimum atomic E-state index is -0.763. The Morgan fingerprint density at radius 2 is 1.94 bits per heavy atom. The van der Waals surface area contributed by atoms with E-state index in [1.54, 1.807) is 36.5 Å². The molecule has 3 aromatic heterocycles. The summed E-state index contributed by atoms with van der Waals surface area (Å²) in [6.07, 6.45) is 0.829. The van der Waals surface area contributed by atoms with Gasteiger partial charge in [-0.15, -0.1) is 11.3 Å². The molecule has 0 radical (unpaired) electrons. The van der Waals surface area contributed by atoms with Crippen LogP contribution in [0.3, 0.4) is 0 Å². The van der Waals surface area contributed by atoms with Crippen LogP contribution in [-0.2, 0) is 0 Å². The molecule has 4 rings (SSSR count). The van der Waals surface area contributed by atoms with Gasteiger partial charge in [0.25, 0.3) is 0 Å². The second-order valence-electron chi connectivity index (χ2n) is 7.28. The lowest BCUT2D eigenvalue weighted by molar-refractivity contribution is 0.186. The summed E-state index contributed by atoms with van der Waals surface area (Å²) in [5.74, 6) is 1.09. The van der Waals surface area contributed by atoms with E-state index in [0.717, 1.165) is 27.7 Å². The van der Waals surface area contributed by atoms with Crippen molar-refractivity contribution in [2.24, 2.45) is 5.73 Å². The highest BCUT2D eigenvalue weighted by atomic mass is 32.1. The fraction of sp³-hybridized carbons (Fsp3) is 0.167. The highest BCUT2D eigenvalue weighted by Gasteiger charge is 2.14. The zero-order chi connectivity index (χ0) is 22.7. The Kier molecular flexibility index (Phi) is 6.23. The molecule has 1 unspecified atom stereocenters. The van der Waals surface area contributed by atoms with Crippen LogP contribution in [-0.4, -0.2) is 26.6 Å². The van der Waals surface area contributed by atoms with Crippen molar-refractivity contribution in [2.45, 2.75) is 20.0 Å². The number of hydrogen-bond donors (Lipinski definition) is 2. The number of rotatable bonds is 6. The molecule has 0 saturated carbocycles. The number of thiazole rings is 1. The molecule has 0 fully saturated rings. The molecule has 7 nitrogen and oxygen atoms in total. The average molecular weight is 444 g/mol.